The number of sulfonamides is 1. The molecule has 1 fully saturated rings. The molecule has 8 nitrogen and oxygen atoms in total. The summed E-state index contributed by atoms with van der Waals surface area (Å²) in [6.45, 7) is 1.30. The number of nitrogens with zero attached hydrogens (tertiary/aromatic N) is 2. The first-order valence-electron chi connectivity index (χ1n) is 15.9. The second-order valence-corrected chi connectivity index (χ2v) is 14.7. The summed E-state index contributed by atoms with van der Waals surface area (Å²) in [5.74, 6) is -0.322. The number of carbonyl (C=O) groups is 2. The van der Waals surface area contributed by atoms with E-state index in [0.29, 0.717) is 21.4 Å². The van der Waals surface area contributed by atoms with Crippen LogP contribution in [0.1, 0.15) is 42.4 Å². The van der Waals surface area contributed by atoms with Crippen molar-refractivity contribution in [2.45, 2.75) is 62.6 Å². The van der Waals surface area contributed by atoms with Gasteiger partial charge in [0.1, 0.15) is 18.3 Å². The van der Waals surface area contributed by atoms with Gasteiger partial charge in [0.05, 0.1) is 27.7 Å². The molecule has 1 aliphatic rings. The monoisotopic (exact) mass is 707 g/mol. The number of anilines is 1. The molecular weight excluding hydrogens is 669 g/mol. The third-order valence-electron chi connectivity index (χ3n) is 8.56. The molecule has 5 rings (SSSR count). The first-order chi connectivity index (χ1) is 23.0. The number of hydrogen-bond donors (Lipinski definition) is 1. The minimum Gasteiger partial charge on any atom is -0.497 e. The van der Waals surface area contributed by atoms with Gasteiger partial charge in [0.25, 0.3) is 10.0 Å². The number of amides is 2. The van der Waals surface area contributed by atoms with Gasteiger partial charge in [-0.25, -0.2) is 8.42 Å². The van der Waals surface area contributed by atoms with Gasteiger partial charge < -0.3 is 15.0 Å². The molecule has 11 heteroatoms. The maximum absolute atomic E-state index is 14.7. The lowest BCUT2D eigenvalue weighted by molar-refractivity contribution is -0.140. The predicted molar refractivity (Wildman–Crippen MR) is 190 cm³/mol. The highest BCUT2D eigenvalue weighted by Gasteiger charge is 2.35. The van der Waals surface area contributed by atoms with Crippen LogP contribution in [-0.2, 0) is 32.6 Å². The van der Waals surface area contributed by atoms with Gasteiger partial charge >= 0.3 is 0 Å². The number of carbonyl (C=O) groups excluding carboxylic acids is 2. The summed E-state index contributed by atoms with van der Waals surface area (Å²) in [5, 5.41) is 3.83. The molecule has 252 valence electrons. The normalized spacial score (nSPS) is 13.9. The van der Waals surface area contributed by atoms with E-state index < -0.39 is 28.5 Å². The van der Waals surface area contributed by atoms with E-state index in [1.54, 1.807) is 54.6 Å². The molecule has 0 spiro atoms. The zero-order valence-electron chi connectivity index (χ0n) is 26.9. The molecule has 1 saturated carbocycles. The molecule has 1 atom stereocenters. The van der Waals surface area contributed by atoms with Gasteiger partial charge in [0.15, 0.2) is 0 Å². The maximum atomic E-state index is 14.7. The number of rotatable bonds is 13. The molecule has 4 aromatic carbocycles. The molecular formula is C37H39Cl2N3O5S. The van der Waals surface area contributed by atoms with Crippen LogP contribution < -0.4 is 14.4 Å². The largest absolute Gasteiger partial charge is 0.497 e. The quantitative estimate of drug-likeness (QED) is 0.159. The fourth-order valence-electron chi connectivity index (χ4n) is 5.87. The van der Waals surface area contributed by atoms with Gasteiger partial charge in [-0.1, -0.05) is 90.1 Å². The highest BCUT2D eigenvalue weighted by molar-refractivity contribution is 7.92. The summed E-state index contributed by atoms with van der Waals surface area (Å²) in [4.78, 5) is 30.3. The minimum atomic E-state index is -4.22. The Labute approximate surface area is 292 Å². The summed E-state index contributed by atoms with van der Waals surface area (Å²) >= 11 is 12.6. The fraction of sp³-hybridized carbons (Fsp3) is 0.297. The molecule has 0 unspecified atom stereocenters. The Kier molecular flexibility index (Phi) is 11.7. The van der Waals surface area contributed by atoms with E-state index in [9.17, 15) is 18.0 Å². The van der Waals surface area contributed by atoms with Crippen molar-refractivity contribution in [3.05, 3.63) is 124 Å². The van der Waals surface area contributed by atoms with E-state index in [0.717, 1.165) is 41.1 Å². The SMILES string of the molecule is COc1ccc(N(CC(=O)N(Cc2ccc(Cl)c(Cl)c2)[C@@H](Cc2ccccc2)C(=O)NC2CCCC2)S(=O)(=O)c2ccc(C)cc2)cc1. The lowest BCUT2D eigenvalue weighted by Gasteiger charge is -2.34. The molecule has 4 aromatic rings. The fourth-order valence-corrected chi connectivity index (χ4v) is 7.61. The Morgan fingerprint density at radius 2 is 1.54 bits per heavy atom. The van der Waals surface area contributed by atoms with Crippen molar-refractivity contribution >= 4 is 50.7 Å². The van der Waals surface area contributed by atoms with E-state index >= 15 is 0 Å². The van der Waals surface area contributed by atoms with Gasteiger partial charge in [-0.15, -0.1) is 0 Å². The Bertz CT molecular complexity index is 1810. The highest BCUT2D eigenvalue weighted by atomic mass is 35.5. The standard InChI is InChI=1S/C37H39Cl2N3O5S/c1-26-12-19-32(20-13-26)48(45,46)42(30-15-17-31(47-2)18-16-30)25-36(43)41(24-28-14-21-33(38)34(39)22-28)35(23-27-8-4-3-5-9-27)37(44)40-29-10-6-7-11-29/h3-5,8-9,12-22,29,35H,6-7,10-11,23-25H2,1-2H3,(H,40,44)/t35-/m0/s1. The number of ether oxygens (including phenoxy) is 1. The smallest absolute Gasteiger partial charge is 0.264 e. The molecule has 0 radical (unpaired) electrons. The summed E-state index contributed by atoms with van der Waals surface area (Å²) in [7, 11) is -2.70. The van der Waals surface area contributed by atoms with Crippen LogP contribution in [0.15, 0.2) is 102 Å². The lowest BCUT2D eigenvalue weighted by Crippen LogP contribution is -2.54. The van der Waals surface area contributed by atoms with Crippen molar-refractivity contribution in [3.63, 3.8) is 0 Å². The number of methoxy groups -OCH3 is 1. The van der Waals surface area contributed by atoms with E-state index in [-0.39, 0.29) is 35.5 Å². The zero-order valence-corrected chi connectivity index (χ0v) is 29.3. The van der Waals surface area contributed by atoms with Gasteiger partial charge in [0, 0.05) is 19.0 Å². The molecule has 48 heavy (non-hydrogen) atoms. The van der Waals surface area contributed by atoms with Gasteiger partial charge in [-0.05, 0) is 79.4 Å². The maximum Gasteiger partial charge on any atom is 0.264 e. The summed E-state index contributed by atoms with van der Waals surface area (Å²) in [6.07, 6.45) is 4.00. The predicted octanol–water partition coefficient (Wildman–Crippen LogP) is 7.20. The van der Waals surface area contributed by atoms with Crippen LogP contribution in [0, 0.1) is 6.92 Å². The lowest BCUT2D eigenvalue weighted by atomic mass is 10.0. The Balaban J connectivity index is 1.58. The van der Waals surface area contributed by atoms with Crippen molar-refractivity contribution in [2.75, 3.05) is 18.0 Å². The van der Waals surface area contributed by atoms with Gasteiger partial charge in [0.2, 0.25) is 11.8 Å². The van der Waals surface area contributed by atoms with E-state index in [1.807, 2.05) is 37.3 Å². The number of aryl methyl sites for hydroxylation is 1. The Hall–Kier alpha value is -4.05. The van der Waals surface area contributed by atoms with Crippen molar-refractivity contribution in [1.29, 1.82) is 0 Å². The van der Waals surface area contributed by atoms with Crippen LogP contribution in [0.25, 0.3) is 0 Å². The average molecular weight is 709 g/mol. The van der Waals surface area contributed by atoms with Crippen LogP contribution in [0.2, 0.25) is 10.0 Å². The minimum absolute atomic E-state index is 0.00760. The van der Waals surface area contributed by atoms with Crippen LogP contribution in [0.4, 0.5) is 5.69 Å². The molecule has 0 bridgehead atoms. The second-order valence-electron chi connectivity index (χ2n) is 12.0. The van der Waals surface area contributed by atoms with Crippen molar-refractivity contribution < 1.29 is 22.7 Å². The highest BCUT2D eigenvalue weighted by Crippen LogP contribution is 2.29. The number of benzene rings is 4. The third-order valence-corrected chi connectivity index (χ3v) is 11.1. The zero-order chi connectivity index (χ0) is 34.3. The molecule has 0 aromatic heterocycles. The van der Waals surface area contributed by atoms with Crippen LogP contribution in [-0.4, -0.2) is 50.9 Å². The van der Waals surface area contributed by atoms with E-state index in [2.05, 4.69) is 5.32 Å². The Morgan fingerprint density at radius 3 is 2.17 bits per heavy atom. The molecule has 2 amide bonds. The van der Waals surface area contributed by atoms with Crippen LogP contribution in [0.3, 0.4) is 0 Å². The summed E-state index contributed by atoms with van der Waals surface area (Å²) in [5.41, 5.74) is 2.66. The topological polar surface area (TPSA) is 96.0 Å². The average Bonchev–Trinajstić information content (AvgIpc) is 3.60. The number of halogens is 2. The van der Waals surface area contributed by atoms with E-state index in [4.69, 9.17) is 27.9 Å². The molecule has 0 saturated heterocycles. The van der Waals surface area contributed by atoms with Gasteiger partial charge in [-0.2, -0.15) is 0 Å². The number of nitrogens with one attached hydrogen (secondary N) is 1. The second kappa shape index (κ2) is 15.9. The molecule has 1 aliphatic carbocycles. The van der Waals surface area contributed by atoms with Crippen molar-refractivity contribution in [1.82, 2.24) is 10.2 Å². The first-order valence-corrected chi connectivity index (χ1v) is 18.1. The molecule has 1 N–H and O–H groups in total. The molecule has 0 aliphatic heterocycles. The first kappa shape index (κ1) is 35.3. The van der Waals surface area contributed by atoms with E-state index in [1.165, 1.54) is 24.1 Å². The molecule has 0 heterocycles. The number of hydrogen-bond acceptors (Lipinski definition) is 5. The van der Waals surface area contributed by atoms with Crippen molar-refractivity contribution in [2.24, 2.45) is 0 Å². The summed E-state index contributed by atoms with van der Waals surface area (Å²) < 4.78 is 34.8. The third kappa shape index (κ3) is 8.69. The summed E-state index contributed by atoms with van der Waals surface area (Å²) in [6, 6.07) is 26.5. The van der Waals surface area contributed by atoms with Gasteiger partial charge in [-0.3, -0.25) is 13.9 Å². The van der Waals surface area contributed by atoms with Crippen LogP contribution >= 0.6 is 23.2 Å². The van der Waals surface area contributed by atoms with Crippen LogP contribution in [0.5, 0.6) is 5.75 Å². The Morgan fingerprint density at radius 1 is 0.875 bits per heavy atom. The van der Waals surface area contributed by atoms with Crippen molar-refractivity contribution in [3.8, 4) is 5.75 Å².